The second-order valence-corrected chi connectivity index (χ2v) is 8.95. The number of aromatic hydroxyl groups is 1. The monoisotopic (exact) mass is 527 g/mol. The van der Waals surface area contributed by atoms with Gasteiger partial charge in [-0.05, 0) is 49.0 Å². The summed E-state index contributed by atoms with van der Waals surface area (Å²) in [6.07, 6.45) is 1.48. The number of hydrogen-bond acceptors (Lipinski definition) is 9. The van der Waals surface area contributed by atoms with Gasteiger partial charge in [0.2, 0.25) is 23.6 Å². The van der Waals surface area contributed by atoms with E-state index >= 15 is 0 Å². The molecular weight excluding hydrogens is 494 g/mol. The molecule has 0 radical (unpaired) electrons. The number of aliphatic carboxylic acids is 1. The van der Waals surface area contributed by atoms with Crippen molar-refractivity contribution in [2.75, 3.05) is 18.6 Å². The van der Waals surface area contributed by atoms with E-state index in [9.17, 15) is 39.3 Å². The van der Waals surface area contributed by atoms with Crippen molar-refractivity contribution in [1.82, 2.24) is 16.0 Å². The fourth-order valence-electron chi connectivity index (χ4n) is 3.04. The number of rotatable bonds is 16. The fraction of sp³-hybridized carbons (Fsp3) is 0.500. The zero-order chi connectivity index (χ0) is 27.3. The first kappa shape index (κ1) is 30.7. The van der Waals surface area contributed by atoms with Crippen molar-refractivity contribution >= 4 is 41.4 Å². The summed E-state index contributed by atoms with van der Waals surface area (Å²) in [5.74, 6) is -4.06. The number of carboxylic acid groups (broad SMARTS) is 1. The lowest BCUT2D eigenvalue weighted by Gasteiger charge is -2.24. The number of thioether (sulfide) groups is 1. The number of benzene rings is 1. The average Bonchev–Trinajstić information content (AvgIpc) is 2.83. The zero-order valence-electron chi connectivity index (χ0n) is 19.8. The van der Waals surface area contributed by atoms with Crippen LogP contribution in [-0.4, -0.2) is 87.7 Å². The molecule has 0 aliphatic carbocycles. The van der Waals surface area contributed by atoms with Gasteiger partial charge in [-0.25, -0.2) is 4.79 Å². The number of aliphatic hydroxyl groups is 1. The molecule has 0 heterocycles. The van der Waals surface area contributed by atoms with E-state index in [0.29, 0.717) is 11.3 Å². The number of amides is 4. The first-order valence-corrected chi connectivity index (χ1v) is 12.4. The molecule has 4 atom stereocenters. The van der Waals surface area contributed by atoms with E-state index in [4.69, 9.17) is 11.5 Å². The van der Waals surface area contributed by atoms with E-state index in [0.717, 1.165) is 0 Å². The Balaban J connectivity index is 2.85. The van der Waals surface area contributed by atoms with E-state index in [-0.39, 0.29) is 31.4 Å². The summed E-state index contributed by atoms with van der Waals surface area (Å²) in [5, 5.41) is 35.3. The van der Waals surface area contributed by atoms with Gasteiger partial charge in [0.05, 0.1) is 12.6 Å². The lowest BCUT2D eigenvalue weighted by molar-refractivity contribution is -0.142. The van der Waals surface area contributed by atoms with Crippen molar-refractivity contribution in [2.24, 2.45) is 11.5 Å². The summed E-state index contributed by atoms with van der Waals surface area (Å²) in [4.78, 5) is 60.5. The van der Waals surface area contributed by atoms with Crippen molar-refractivity contribution in [3.63, 3.8) is 0 Å². The second kappa shape index (κ2) is 15.6. The third kappa shape index (κ3) is 10.9. The van der Waals surface area contributed by atoms with Gasteiger partial charge in [0.15, 0.2) is 0 Å². The van der Waals surface area contributed by atoms with Crippen LogP contribution in [0, 0.1) is 0 Å². The van der Waals surface area contributed by atoms with Gasteiger partial charge in [0.25, 0.3) is 0 Å². The number of carboxylic acids is 1. The van der Waals surface area contributed by atoms with Crippen LogP contribution < -0.4 is 27.4 Å². The molecule has 1 aromatic rings. The van der Waals surface area contributed by atoms with Gasteiger partial charge < -0.3 is 42.7 Å². The van der Waals surface area contributed by atoms with Crippen LogP contribution in [0.1, 0.15) is 24.8 Å². The molecule has 0 aromatic heterocycles. The Labute approximate surface area is 212 Å². The van der Waals surface area contributed by atoms with Gasteiger partial charge in [-0.3, -0.25) is 19.2 Å². The SMILES string of the molecule is CSCCC(NC(=O)C(CCC(N)=O)NC(=O)C(CO)NC(=O)C(N)Cc1ccc(O)cc1)C(=O)O. The summed E-state index contributed by atoms with van der Waals surface area (Å²) in [7, 11) is 0. The molecule has 0 bridgehead atoms. The molecule has 14 heteroatoms. The number of primary amides is 1. The standard InChI is InChI=1S/C22H33N5O8S/c1-36-9-8-16(22(34)35)26-20(32)15(6-7-18(24)30)25-21(33)17(11-28)27-19(31)14(23)10-12-2-4-13(29)5-3-12/h2-5,14-17,28-29H,6-11,23H2,1H3,(H2,24,30)(H,25,33)(H,26,32)(H,27,31)(H,34,35). The average molecular weight is 528 g/mol. The molecule has 200 valence electrons. The summed E-state index contributed by atoms with van der Waals surface area (Å²) >= 11 is 1.39. The number of hydrogen-bond donors (Lipinski definition) is 8. The number of aliphatic hydroxyl groups excluding tert-OH is 1. The van der Waals surface area contributed by atoms with E-state index in [1.165, 1.54) is 23.9 Å². The van der Waals surface area contributed by atoms with Crippen LogP contribution >= 0.6 is 11.8 Å². The van der Waals surface area contributed by atoms with Gasteiger partial charge in [-0.15, -0.1) is 0 Å². The quantitative estimate of drug-likeness (QED) is 0.116. The van der Waals surface area contributed by atoms with Crippen LogP contribution in [0.4, 0.5) is 0 Å². The number of carbonyl (C=O) groups excluding carboxylic acids is 4. The van der Waals surface area contributed by atoms with Gasteiger partial charge >= 0.3 is 5.97 Å². The molecule has 0 saturated carbocycles. The smallest absolute Gasteiger partial charge is 0.326 e. The fourth-order valence-corrected chi connectivity index (χ4v) is 3.52. The molecule has 10 N–H and O–H groups in total. The van der Waals surface area contributed by atoms with Crippen LogP contribution in [0.25, 0.3) is 0 Å². The van der Waals surface area contributed by atoms with E-state index in [2.05, 4.69) is 16.0 Å². The molecule has 0 aliphatic rings. The number of carbonyl (C=O) groups is 5. The first-order chi connectivity index (χ1) is 17.0. The molecule has 36 heavy (non-hydrogen) atoms. The summed E-state index contributed by atoms with van der Waals surface area (Å²) in [6, 6.07) is 0.877. The van der Waals surface area contributed by atoms with Crippen LogP contribution in [0.2, 0.25) is 0 Å². The van der Waals surface area contributed by atoms with Gasteiger partial charge in [0, 0.05) is 6.42 Å². The largest absolute Gasteiger partial charge is 0.508 e. The highest BCUT2D eigenvalue weighted by Crippen LogP contribution is 2.11. The minimum absolute atomic E-state index is 0.0441. The van der Waals surface area contributed by atoms with Crippen LogP contribution in [-0.2, 0) is 30.4 Å². The first-order valence-electron chi connectivity index (χ1n) is 11.0. The Kier molecular flexibility index (Phi) is 13.3. The number of nitrogens with one attached hydrogen (secondary N) is 3. The second-order valence-electron chi connectivity index (χ2n) is 7.97. The summed E-state index contributed by atoms with van der Waals surface area (Å²) in [6.45, 7) is -0.820. The minimum Gasteiger partial charge on any atom is -0.508 e. The maximum atomic E-state index is 12.7. The molecule has 4 amide bonds. The predicted octanol–water partition coefficient (Wildman–Crippen LogP) is -2.19. The van der Waals surface area contributed by atoms with Gasteiger partial charge in [-0.1, -0.05) is 12.1 Å². The maximum Gasteiger partial charge on any atom is 0.326 e. The van der Waals surface area contributed by atoms with Gasteiger partial charge in [-0.2, -0.15) is 11.8 Å². The summed E-state index contributed by atoms with van der Waals surface area (Å²) in [5.41, 5.74) is 11.7. The number of phenols is 1. The molecule has 0 spiro atoms. The molecule has 1 rings (SSSR count). The predicted molar refractivity (Wildman–Crippen MR) is 132 cm³/mol. The van der Waals surface area contributed by atoms with Crippen molar-refractivity contribution in [3.8, 4) is 5.75 Å². The highest BCUT2D eigenvalue weighted by Gasteiger charge is 2.30. The third-order valence-corrected chi connectivity index (χ3v) is 5.73. The van der Waals surface area contributed by atoms with Crippen LogP contribution in [0.3, 0.4) is 0 Å². The highest BCUT2D eigenvalue weighted by molar-refractivity contribution is 7.98. The Hall–Kier alpha value is -3.36. The van der Waals surface area contributed by atoms with Crippen molar-refractivity contribution in [1.29, 1.82) is 0 Å². The molecule has 13 nitrogen and oxygen atoms in total. The number of nitrogens with two attached hydrogens (primary N) is 2. The van der Waals surface area contributed by atoms with Gasteiger partial charge in [0.1, 0.15) is 23.9 Å². The Morgan fingerprint density at radius 2 is 1.47 bits per heavy atom. The molecule has 0 fully saturated rings. The topological polar surface area (TPSA) is 234 Å². The maximum absolute atomic E-state index is 12.7. The minimum atomic E-state index is -1.47. The lowest BCUT2D eigenvalue weighted by Crippen LogP contribution is -2.58. The van der Waals surface area contributed by atoms with Crippen molar-refractivity contribution < 1.29 is 39.3 Å². The lowest BCUT2D eigenvalue weighted by atomic mass is 10.1. The Bertz CT molecular complexity index is 914. The summed E-state index contributed by atoms with van der Waals surface area (Å²) < 4.78 is 0. The van der Waals surface area contributed by atoms with Crippen molar-refractivity contribution in [3.05, 3.63) is 29.8 Å². The normalized spacial score (nSPS) is 14.1. The molecule has 0 saturated heterocycles. The van der Waals surface area contributed by atoms with Crippen molar-refractivity contribution in [2.45, 2.75) is 49.9 Å². The third-order valence-electron chi connectivity index (χ3n) is 5.08. The number of phenolic OH excluding ortho intramolecular Hbond substituents is 1. The Morgan fingerprint density at radius 3 is 2.00 bits per heavy atom. The molecular formula is C22H33N5O8S. The molecule has 4 unspecified atom stereocenters. The van der Waals surface area contributed by atoms with E-state index in [1.54, 1.807) is 18.4 Å². The molecule has 0 aliphatic heterocycles. The van der Waals surface area contributed by atoms with Crippen LogP contribution in [0.5, 0.6) is 5.75 Å². The van der Waals surface area contributed by atoms with Crippen LogP contribution in [0.15, 0.2) is 24.3 Å². The zero-order valence-corrected chi connectivity index (χ0v) is 20.6. The molecule has 1 aromatic carbocycles. The Morgan fingerprint density at radius 1 is 0.917 bits per heavy atom. The van der Waals surface area contributed by atoms with E-state index < -0.39 is 60.4 Å². The highest BCUT2D eigenvalue weighted by atomic mass is 32.2. The van der Waals surface area contributed by atoms with E-state index in [1.807, 2.05) is 0 Å².